The van der Waals surface area contributed by atoms with Gasteiger partial charge in [-0.3, -0.25) is 0 Å². The average Bonchev–Trinajstić information content (AvgIpc) is 2.62. The minimum absolute atomic E-state index is 0.524. The molecule has 0 atom stereocenters. The number of halogens is 3. The third-order valence-corrected chi connectivity index (χ3v) is 3.23. The van der Waals surface area contributed by atoms with Gasteiger partial charge < -0.3 is 10.2 Å². The van der Waals surface area contributed by atoms with Crippen LogP contribution in [0, 0.1) is 0 Å². The van der Waals surface area contributed by atoms with E-state index in [-0.39, 0.29) is 0 Å². The predicted octanol–water partition coefficient (Wildman–Crippen LogP) is 2.42. The van der Waals surface area contributed by atoms with Crippen molar-refractivity contribution in [2.45, 2.75) is 12.7 Å². The van der Waals surface area contributed by atoms with E-state index >= 15 is 0 Å². The van der Waals surface area contributed by atoms with Crippen LogP contribution in [0.4, 0.5) is 13.2 Å². The molecular formula is C10H15F3N2S. The van der Waals surface area contributed by atoms with E-state index in [1.165, 1.54) is 0 Å². The molecule has 0 aliphatic rings. The molecule has 6 heteroatoms. The molecule has 1 rings (SSSR count). The van der Waals surface area contributed by atoms with Crippen molar-refractivity contribution >= 4 is 11.3 Å². The van der Waals surface area contributed by atoms with Crippen LogP contribution in [0.15, 0.2) is 12.1 Å². The molecule has 0 bridgehead atoms. The van der Waals surface area contributed by atoms with Crippen LogP contribution in [0.3, 0.4) is 0 Å². The molecule has 2 nitrogen and oxygen atoms in total. The van der Waals surface area contributed by atoms with Crippen molar-refractivity contribution in [3.8, 4) is 0 Å². The van der Waals surface area contributed by atoms with Crippen LogP contribution in [0.25, 0.3) is 0 Å². The normalized spacial score (nSPS) is 12.4. The Bertz CT molecular complexity index is 322. The molecule has 0 amide bonds. The summed E-state index contributed by atoms with van der Waals surface area (Å²) in [5, 5.41) is 3.00. The Balaban J connectivity index is 2.52. The summed E-state index contributed by atoms with van der Waals surface area (Å²) in [7, 11) is 3.74. The molecule has 0 saturated heterocycles. The van der Waals surface area contributed by atoms with E-state index < -0.39 is 11.1 Å². The summed E-state index contributed by atoms with van der Waals surface area (Å²) in [6.45, 7) is 2.20. The topological polar surface area (TPSA) is 15.3 Å². The minimum Gasteiger partial charge on any atom is -0.318 e. The number of likely N-dealkylation sites (N-methyl/N-ethyl adjacent to an activating group) is 2. The number of rotatable bonds is 5. The molecular weight excluding hydrogens is 237 g/mol. The molecule has 1 N–H and O–H groups in total. The van der Waals surface area contributed by atoms with Gasteiger partial charge in [0.15, 0.2) is 0 Å². The lowest BCUT2D eigenvalue weighted by atomic mass is 10.4. The summed E-state index contributed by atoms with van der Waals surface area (Å²) in [6, 6.07) is 2.69. The molecule has 0 aliphatic carbocycles. The van der Waals surface area contributed by atoms with E-state index in [0.29, 0.717) is 6.54 Å². The molecule has 0 saturated carbocycles. The molecule has 1 aromatic rings. The van der Waals surface area contributed by atoms with E-state index in [0.717, 1.165) is 35.4 Å². The van der Waals surface area contributed by atoms with Crippen LogP contribution in [-0.2, 0) is 12.7 Å². The molecule has 0 aliphatic heterocycles. The number of hydrogen-bond donors (Lipinski definition) is 1. The second-order valence-corrected chi connectivity index (χ2v) is 4.77. The highest BCUT2D eigenvalue weighted by Crippen LogP contribution is 2.34. The van der Waals surface area contributed by atoms with Crippen molar-refractivity contribution in [3.63, 3.8) is 0 Å². The van der Waals surface area contributed by atoms with Crippen molar-refractivity contribution in [1.29, 1.82) is 0 Å². The highest BCUT2D eigenvalue weighted by molar-refractivity contribution is 7.12. The zero-order valence-corrected chi connectivity index (χ0v) is 10.1. The van der Waals surface area contributed by atoms with Gasteiger partial charge in [-0.25, -0.2) is 0 Å². The first-order valence-electron chi connectivity index (χ1n) is 4.92. The Kier molecular flexibility index (Phi) is 4.76. The Labute approximate surface area is 97.1 Å². The van der Waals surface area contributed by atoms with Gasteiger partial charge in [0.2, 0.25) is 0 Å². The summed E-state index contributed by atoms with van der Waals surface area (Å²) in [4.78, 5) is 2.21. The molecule has 92 valence electrons. The number of hydrogen-bond acceptors (Lipinski definition) is 3. The van der Waals surface area contributed by atoms with Gasteiger partial charge >= 0.3 is 6.18 Å². The van der Waals surface area contributed by atoms with Gasteiger partial charge in [-0.05, 0) is 26.2 Å². The third-order valence-electron chi connectivity index (χ3n) is 2.11. The highest BCUT2D eigenvalue weighted by atomic mass is 32.1. The quantitative estimate of drug-likeness (QED) is 0.865. The minimum atomic E-state index is -4.22. The monoisotopic (exact) mass is 252 g/mol. The van der Waals surface area contributed by atoms with E-state index in [4.69, 9.17) is 0 Å². The summed E-state index contributed by atoms with van der Waals surface area (Å²) in [5.41, 5.74) is 0. The average molecular weight is 252 g/mol. The fourth-order valence-electron chi connectivity index (χ4n) is 1.26. The molecule has 0 fully saturated rings. The number of thiophene rings is 1. The Morgan fingerprint density at radius 3 is 2.56 bits per heavy atom. The van der Waals surface area contributed by atoms with Gasteiger partial charge in [0, 0.05) is 24.5 Å². The fourth-order valence-corrected chi connectivity index (χ4v) is 2.22. The first-order valence-corrected chi connectivity index (χ1v) is 5.74. The smallest absolute Gasteiger partial charge is 0.318 e. The largest absolute Gasteiger partial charge is 0.425 e. The van der Waals surface area contributed by atoms with Gasteiger partial charge in [0.1, 0.15) is 4.88 Å². The predicted molar refractivity (Wildman–Crippen MR) is 59.6 cm³/mol. The molecule has 0 radical (unpaired) electrons. The first kappa shape index (κ1) is 13.5. The molecule has 1 heterocycles. The maximum Gasteiger partial charge on any atom is 0.425 e. The van der Waals surface area contributed by atoms with Crippen molar-refractivity contribution in [1.82, 2.24) is 10.2 Å². The Hall–Kier alpha value is -0.590. The molecule has 0 unspecified atom stereocenters. The van der Waals surface area contributed by atoms with Crippen LogP contribution in [-0.4, -0.2) is 32.1 Å². The van der Waals surface area contributed by atoms with Crippen molar-refractivity contribution < 1.29 is 13.2 Å². The van der Waals surface area contributed by atoms with E-state index in [2.05, 4.69) is 5.32 Å². The second-order valence-electron chi connectivity index (χ2n) is 3.61. The van der Waals surface area contributed by atoms with Crippen LogP contribution in [0.1, 0.15) is 9.75 Å². The van der Waals surface area contributed by atoms with Crippen LogP contribution in [0.2, 0.25) is 0 Å². The summed E-state index contributed by atoms with van der Waals surface area (Å²) < 4.78 is 37.0. The molecule has 16 heavy (non-hydrogen) atoms. The molecule has 0 spiro atoms. The standard InChI is InChI=1S/C10H15F3N2S/c1-14-5-6-15(2)7-8-3-4-9(16-8)10(11,12)13/h3-4,14H,5-7H2,1-2H3. The zero-order chi connectivity index (χ0) is 12.2. The van der Waals surface area contributed by atoms with E-state index in [1.807, 2.05) is 19.0 Å². The van der Waals surface area contributed by atoms with Gasteiger partial charge in [0.05, 0.1) is 0 Å². The highest BCUT2D eigenvalue weighted by Gasteiger charge is 2.32. The van der Waals surface area contributed by atoms with E-state index in [9.17, 15) is 13.2 Å². The lowest BCUT2D eigenvalue weighted by molar-refractivity contribution is -0.134. The third kappa shape index (κ3) is 4.11. The van der Waals surface area contributed by atoms with Gasteiger partial charge in [-0.2, -0.15) is 13.2 Å². The van der Waals surface area contributed by atoms with E-state index in [1.54, 1.807) is 6.07 Å². The number of nitrogens with one attached hydrogen (secondary N) is 1. The molecule has 1 aromatic heterocycles. The summed E-state index contributed by atoms with van der Waals surface area (Å²) in [5.74, 6) is 0. The second kappa shape index (κ2) is 5.65. The van der Waals surface area contributed by atoms with Crippen molar-refractivity contribution in [3.05, 3.63) is 21.9 Å². The molecule has 0 aromatic carbocycles. The Morgan fingerprint density at radius 2 is 2.06 bits per heavy atom. The summed E-state index contributed by atoms with van der Waals surface area (Å²) >= 11 is 0.815. The fraction of sp³-hybridized carbons (Fsp3) is 0.600. The van der Waals surface area contributed by atoms with Gasteiger partial charge in [0.25, 0.3) is 0 Å². The SMILES string of the molecule is CNCCN(C)Cc1ccc(C(F)(F)F)s1. The lowest BCUT2D eigenvalue weighted by Gasteiger charge is -2.14. The first-order chi connectivity index (χ1) is 7.43. The summed E-state index contributed by atoms with van der Waals surface area (Å²) in [6.07, 6.45) is -4.22. The Morgan fingerprint density at radius 1 is 1.38 bits per heavy atom. The van der Waals surface area contributed by atoms with Crippen molar-refractivity contribution in [2.75, 3.05) is 27.2 Å². The zero-order valence-electron chi connectivity index (χ0n) is 9.27. The van der Waals surface area contributed by atoms with Gasteiger partial charge in [-0.1, -0.05) is 0 Å². The van der Waals surface area contributed by atoms with Gasteiger partial charge in [-0.15, -0.1) is 11.3 Å². The lowest BCUT2D eigenvalue weighted by Crippen LogP contribution is -2.26. The van der Waals surface area contributed by atoms with Crippen molar-refractivity contribution in [2.24, 2.45) is 0 Å². The number of nitrogens with zero attached hydrogens (tertiary/aromatic N) is 1. The maximum atomic E-state index is 12.3. The number of alkyl halides is 3. The van der Waals surface area contributed by atoms with Crippen LogP contribution < -0.4 is 5.32 Å². The maximum absolute atomic E-state index is 12.3. The van der Waals surface area contributed by atoms with Crippen LogP contribution >= 0.6 is 11.3 Å². The van der Waals surface area contributed by atoms with Crippen LogP contribution in [0.5, 0.6) is 0 Å².